The molecular formula is C22H21N5O2. The molecule has 29 heavy (non-hydrogen) atoms. The molecular weight excluding hydrogens is 366 g/mol. The van der Waals surface area contributed by atoms with Crippen molar-refractivity contribution in [3.05, 3.63) is 53.7 Å². The van der Waals surface area contributed by atoms with Crippen LogP contribution in [0.5, 0.6) is 5.75 Å². The number of ketones is 1. The van der Waals surface area contributed by atoms with Gasteiger partial charge in [-0.15, -0.1) is 0 Å². The molecule has 0 bridgehead atoms. The Labute approximate surface area is 168 Å². The molecule has 0 atom stereocenters. The summed E-state index contributed by atoms with van der Waals surface area (Å²) >= 11 is 0. The number of hydrogen-bond donors (Lipinski definition) is 1. The average molecular weight is 387 g/mol. The highest BCUT2D eigenvalue weighted by Gasteiger charge is 2.26. The van der Waals surface area contributed by atoms with Crippen LogP contribution in [-0.4, -0.2) is 34.6 Å². The number of fused-ring (bicyclic) bond motifs is 1. The van der Waals surface area contributed by atoms with Gasteiger partial charge in [-0.25, -0.2) is 0 Å². The average Bonchev–Trinajstić information content (AvgIpc) is 3.39. The van der Waals surface area contributed by atoms with E-state index in [1.165, 1.54) is 18.0 Å². The predicted molar refractivity (Wildman–Crippen MR) is 111 cm³/mol. The van der Waals surface area contributed by atoms with Gasteiger partial charge in [0, 0.05) is 0 Å². The molecule has 7 nitrogen and oxygen atoms in total. The van der Waals surface area contributed by atoms with Crippen LogP contribution in [-0.2, 0) is 0 Å². The zero-order valence-electron chi connectivity index (χ0n) is 16.1. The topological polar surface area (TPSA) is 106 Å². The van der Waals surface area contributed by atoms with Crippen LogP contribution in [0.3, 0.4) is 0 Å². The van der Waals surface area contributed by atoms with Crippen LogP contribution < -0.4 is 10.5 Å². The lowest BCUT2D eigenvalue weighted by Crippen LogP contribution is -2.28. The van der Waals surface area contributed by atoms with Crippen molar-refractivity contribution in [1.29, 1.82) is 5.26 Å². The number of Topliss-reactive ketones (excluding diaryl/α,β-unsaturated/α-hetero) is 1. The summed E-state index contributed by atoms with van der Waals surface area (Å²) in [5, 5.41) is 15.3. The first-order valence-corrected chi connectivity index (χ1v) is 9.55. The van der Waals surface area contributed by atoms with Crippen LogP contribution in [0.15, 0.2) is 47.6 Å². The van der Waals surface area contributed by atoms with Crippen molar-refractivity contribution >= 4 is 28.2 Å². The number of ether oxygens (including phenoxy) is 1. The number of methoxy groups -OCH3 is 1. The van der Waals surface area contributed by atoms with Gasteiger partial charge in [-0.2, -0.15) is 15.0 Å². The maximum Gasteiger partial charge on any atom is 0.233 e. The predicted octanol–water partition coefficient (Wildman–Crippen LogP) is 3.57. The number of carbonyl (C=O) groups is 1. The molecule has 1 aromatic heterocycles. The van der Waals surface area contributed by atoms with Crippen molar-refractivity contribution in [2.24, 2.45) is 4.99 Å². The van der Waals surface area contributed by atoms with Crippen molar-refractivity contribution in [3.8, 4) is 11.8 Å². The van der Waals surface area contributed by atoms with E-state index >= 15 is 0 Å². The van der Waals surface area contributed by atoms with E-state index in [0.717, 1.165) is 36.5 Å². The maximum atomic E-state index is 13.6. The molecule has 3 aromatic rings. The Kier molecular flexibility index (Phi) is 5.00. The van der Waals surface area contributed by atoms with Gasteiger partial charge in [-0.05, 0) is 35.7 Å². The van der Waals surface area contributed by atoms with Gasteiger partial charge in [0.1, 0.15) is 23.2 Å². The molecule has 0 aliphatic heterocycles. The summed E-state index contributed by atoms with van der Waals surface area (Å²) in [7, 11) is 1.53. The summed E-state index contributed by atoms with van der Waals surface area (Å²) in [4.78, 5) is 18.3. The smallest absolute Gasteiger partial charge is 0.233 e. The fourth-order valence-corrected chi connectivity index (χ4v) is 3.71. The standard InChI is InChI=1S/C22H21N5O2/c1-29-19-11-15-7-3-2-6-14(15)10-18(19)20(28)22(26-17-8-4-5-9-17)27-21(24)16(12-23)13-25-27/h2-3,6-7,10-11,13,17H,4-5,8-9,24H2,1H3/b26-22-. The van der Waals surface area contributed by atoms with Crippen molar-refractivity contribution < 1.29 is 9.53 Å². The van der Waals surface area contributed by atoms with Crippen LogP contribution in [0.4, 0.5) is 5.82 Å². The fourth-order valence-electron chi connectivity index (χ4n) is 3.71. The lowest BCUT2D eigenvalue weighted by molar-refractivity contribution is 0.105. The van der Waals surface area contributed by atoms with E-state index in [-0.39, 0.29) is 29.0 Å². The van der Waals surface area contributed by atoms with Crippen molar-refractivity contribution in [1.82, 2.24) is 9.78 Å². The first-order chi connectivity index (χ1) is 14.1. The summed E-state index contributed by atoms with van der Waals surface area (Å²) in [6, 6.07) is 13.4. The quantitative estimate of drug-likeness (QED) is 0.418. The highest BCUT2D eigenvalue weighted by Crippen LogP contribution is 2.28. The maximum absolute atomic E-state index is 13.6. The van der Waals surface area contributed by atoms with Crippen molar-refractivity contribution in [2.45, 2.75) is 31.7 Å². The third-order valence-corrected chi connectivity index (χ3v) is 5.27. The molecule has 0 saturated heterocycles. The summed E-state index contributed by atoms with van der Waals surface area (Å²) in [6.07, 6.45) is 5.33. The van der Waals surface area contributed by atoms with Gasteiger partial charge >= 0.3 is 0 Å². The Morgan fingerprint density at radius 2 is 1.97 bits per heavy atom. The highest BCUT2D eigenvalue weighted by molar-refractivity contribution is 6.46. The molecule has 0 spiro atoms. The Morgan fingerprint density at radius 1 is 1.28 bits per heavy atom. The largest absolute Gasteiger partial charge is 0.496 e. The molecule has 0 radical (unpaired) electrons. The number of carbonyl (C=O) groups excluding carboxylic acids is 1. The summed E-state index contributed by atoms with van der Waals surface area (Å²) in [6.45, 7) is 0. The number of anilines is 1. The van der Waals surface area contributed by atoms with E-state index < -0.39 is 0 Å². The highest BCUT2D eigenvalue weighted by atomic mass is 16.5. The minimum Gasteiger partial charge on any atom is -0.496 e. The monoisotopic (exact) mass is 387 g/mol. The molecule has 1 aliphatic carbocycles. The molecule has 0 unspecified atom stereocenters. The summed E-state index contributed by atoms with van der Waals surface area (Å²) < 4.78 is 6.77. The van der Waals surface area contributed by atoms with Gasteiger partial charge in [0.05, 0.1) is 24.9 Å². The van der Waals surface area contributed by atoms with Gasteiger partial charge in [-0.3, -0.25) is 9.79 Å². The van der Waals surface area contributed by atoms with Gasteiger partial charge in [-0.1, -0.05) is 37.1 Å². The van der Waals surface area contributed by atoms with Crippen molar-refractivity contribution in [2.75, 3.05) is 12.8 Å². The second-order valence-electron chi connectivity index (χ2n) is 7.09. The van der Waals surface area contributed by atoms with E-state index in [4.69, 9.17) is 15.5 Å². The number of aromatic nitrogens is 2. The molecule has 1 heterocycles. The SMILES string of the molecule is COc1cc2ccccc2cc1C(=O)/C(=N/C1CCCC1)n1ncc(C#N)c1N. The van der Waals surface area contributed by atoms with E-state index in [9.17, 15) is 10.1 Å². The lowest BCUT2D eigenvalue weighted by atomic mass is 10.0. The lowest BCUT2D eigenvalue weighted by Gasteiger charge is -2.14. The molecule has 1 saturated carbocycles. The first kappa shape index (κ1) is 18.7. The molecule has 1 aliphatic rings. The van der Waals surface area contributed by atoms with Crippen LogP contribution in [0.25, 0.3) is 10.8 Å². The number of benzene rings is 2. The second kappa shape index (κ2) is 7.76. The van der Waals surface area contributed by atoms with E-state index in [2.05, 4.69) is 5.10 Å². The van der Waals surface area contributed by atoms with Crippen LogP contribution in [0.2, 0.25) is 0 Å². The minimum atomic E-state index is -0.334. The molecule has 7 heteroatoms. The molecule has 1 fully saturated rings. The fraction of sp³-hybridized carbons (Fsp3) is 0.273. The van der Waals surface area contributed by atoms with Crippen LogP contribution >= 0.6 is 0 Å². The molecule has 2 N–H and O–H groups in total. The van der Waals surface area contributed by atoms with Gasteiger partial charge in [0.2, 0.25) is 5.78 Å². The van der Waals surface area contributed by atoms with Gasteiger partial charge < -0.3 is 10.5 Å². The Balaban J connectivity index is 1.86. The van der Waals surface area contributed by atoms with Crippen LogP contribution in [0.1, 0.15) is 41.6 Å². The molecule has 146 valence electrons. The van der Waals surface area contributed by atoms with E-state index in [1.807, 2.05) is 36.4 Å². The number of nitrogens with zero attached hydrogens (tertiary/aromatic N) is 4. The van der Waals surface area contributed by atoms with Gasteiger partial charge in [0.15, 0.2) is 5.84 Å². The third kappa shape index (κ3) is 3.45. The zero-order chi connectivity index (χ0) is 20.4. The minimum absolute atomic E-state index is 0.0366. The molecule has 0 amide bonds. The third-order valence-electron chi connectivity index (χ3n) is 5.27. The number of nitriles is 1. The Morgan fingerprint density at radius 3 is 2.59 bits per heavy atom. The Hall–Kier alpha value is -3.66. The zero-order valence-corrected chi connectivity index (χ0v) is 16.1. The normalized spacial score (nSPS) is 14.8. The number of rotatable bonds is 4. The van der Waals surface area contributed by atoms with Crippen molar-refractivity contribution in [3.63, 3.8) is 0 Å². The second-order valence-corrected chi connectivity index (χ2v) is 7.09. The molecule has 2 aromatic carbocycles. The summed E-state index contributed by atoms with van der Waals surface area (Å²) in [5.41, 5.74) is 6.68. The number of nitrogen functional groups attached to an aromatic ring is 1. The molecule has 4 rings (SSSR count). The Bertz CT molecular complexity index is 1150. The first-order valence-electron chi connectivity index (χ1n) is 9.55. The van der Waals surface area contributed by atoms with Crippen LogP contribution in [0, 0.1) is 11.3 Å². The van der Waals surface area contributed by atoms with E-state index in [0.29, 0.717) is 11.3 Å². The van der Waals surface area contributed by atoms with E-state index in [1.54, 1.807) is 6.07 Å². The number of nitrogens with two attached hydrogens (primary N) is 1. The number of aliphatic imine (C=N–C) groups is 1. The number of hydrogen-bond acceptors (Lipinski definition) is 6. The van der Waals surface area contributed by atoms with Gasteiger partial charge in [0.25, 0.3) is 0 Å². The summed E-state index contributed by atoms with van der Waals surface area (Å²) in [5.74, 6) is 0.347.